The lowest BCUT2D eigenvalue weighted by atomic mass is 10.1. The molecule has 0 aromatic heterocycles. The molecule has 0 saturated heterocycles. The van der Waals surface area contributed by atoms with Gasteiger partial charge >= 0.3 is 0 Å². The van der Waals surface area contributed by atoms with Gasteiger partial charge in [-0.15, -0.1) is 0 Å². The van der Waals surface area contributed by atoms with Crippen LogP contribution >= 0.6 is 15.9 Å². The monoisotopic (exact) mass is 270 g/mol. The van der Waals surface area contributed by atoms with E-state index < -0.39 is 0 Å². The number of benzene rings is 1. The highest BCUT2D eigenvalue weighted by molar-refractivity contribution is 9.10. The first-order valence-corrected chi connectivity index (χ1v) is 5.79. The van der Waals surface area contributed by atoms with Gasteiger partial charge in [0.05, 0.1) is 4.47 Å². The van der Waals surface area contributed by atoms with Gasteiger partial charge in [0, 0.05) is 6.61 Å². The number of halogens is 1. The van der Waals surface area contributed by atoms with Crippen molar-refractivity contribution in [2.75, 3.05) is 13.4 Å². The van der Waals surface area contributed by atoms with Gasteiger partial charge < -0.3 is 14.6 Å². The molecule has 15 heavy (non-hydrogen) atoms. The first-order valence-electron chi connectivity index (χ1n) is 4.99. The second-order valence-electron chi connectivity index (χ2n) is 4.02. The number of rotatable bonds is 2. The van der Waals surface area contributed by atoms with E-state index >= 15 is 0 Å². The second kappa shape index (κ2) is 3.39. The lowest BCUT2D eigenvalue weighted by molar-refractivity contribution is 0.173. The zero-order valence-electron chi connectivity index (χ0n) is 8.07. The van der Waals surface area contributed by atoms with Crippen molar-refractivity contribution in [2.24, 2.45) is 5.92 Å². The predicted octanol–water partition coefficient (Wildman–Crippen LogP) is 2.27. The van der Waals surface area contributed by atoms with Gasteiger partial charge in [0.15, 0.2) is 11.5 Å². The molecule has 1 fully saturated rings. The van der Waals surface area contributed by atoms with Gasteiger partial charge in [-0.3, -0.25) is 0 Å². The summed E-state index contributed by atoms with van der Waals surface area (Å²) in [5.74, 6) is 2.51. The molecule has 2 atom stereocenters. The molecule has 3 rings (SSSR count). The number of hydrogen-bond acceptors (Lipinski definition) is 3. The zero-order valence-corrected chi connectivity index (χ0v) is 9.66. The molecule has 4 heteroatoms. The van der Waals surface area contributed by atoms with E-state index in [9.17, 15) is 0 Å². The van der Waals surface area contributed by atoms with Crippen LogP contribution in [0.25, 0.3) is 0 Å². The fraction of sp³-hybridized carbons (Fsp3) is 0.455. The van der Waals surface area contributed by atoms with Gasteiger partial charge in [0.1, 0.15) is 0 Å². The number of aliphatic hydroxyl groups excluding tert-OH is 1. The van der Waals surface area contributed by atoms with Crippen molar-refractivity contribution in [2.45, 2.75) is 12.3 Å². The van der Waals surface area contributed by atoms with Gasteiger partial charge in [-0.25, -0.2) is 0 Å². The molecule has 0 amide bonds. The summed E-state index contributed by atoms with van der Waals surface area (Å²) in [4.78, 5) is 0. The normalized spacial score (nSPS) is 26.8. The van der Waals surface area contributed by atoms with Crippen LogP contribution in [-0.2, 0) is 0 Å². The highest BCUT2D eigenvalue weighted by atomic mass is 79.9. The third-order valence-corrected chi connectivity index (χ3v) is 3.62. The molecule has 1 aliphatic carbocycles. The largest absolute Gasteiger partial charge is 0.454 e. The molecule has 2 aliphatic rings. The van der Waals surface area contributed by atoms with Crippen molar-refractivity contribution < 1.29 is 14.6 Å². The highest BCUT2D eigenvalue weighted by Gasteiger charge is 2.38. The minimum atomic E-state index is 0.275. The van der Waals surface area contributed by atoms with Crippen LogP contribution in [0.4, 0.5) is 0 Å². The SMILES string of the molecule is OCC1CC1c1cc(Br)c2c(c1)OCO2. The van der Waals surface area contributed by atoms with Gasteiger partial charge in [-0.1, -0.05) is 0 Å². The molecule has 0 bridgehead atoms. The van der Waals surface area contributed by atoms with Gasteiger partial charge in [-0.05, 0) is 51.9 Å². The first-order chi connectivity index (χ1) is 7.29. The van der Waals surface area contributed by atoms with Crippen LogP contribution in [-0.4, -0.2) is 18.5 Å². The Morgan fingerprint density at radius 3 is 3.00 bits per heavy atom. The Morgan fingerprint density at radius 1 is 1.40 bits per heavy atom. The van der Waals surface area contributed by atoms with E-state index in [0.29, 0.717) is 18.6 Å². The van der Waals surface area contributed by atoms with Crippen LogP contribution in [0.5, 0.6) is 11.5 Å². The maximum Gasteiger partial charge on any atom is 0.231 e. The summed E-state index contributed by atoms with van der Waals surface area (Å²) >= 11 is 3.47. The molecule has 3 nitrogen and oxygen atoms in total. The molecular formula is C11H11BrO3. The molecule has 2 unspecified atom stereocenters. The third kappa shape index (κ3) is 1.52. The maximum atomic E-state index is 9.03. The van der Waals surface area contributed by atoms with E-state index in [-0.39, 0.29) is 6.61 Å². The molecule has 0 spiro atoms. The van der Waals surface area contributed by atoms with Crippen LogP contribution in [0.15, 0.2) is 16.6 Å². The van der Waals surface area contributed by atoms with Crippen molar-refractivity contribution in [1.82, 2.24) is 0 Å². The standard InChI is InChI=1S/C11H11BrO3/c12-9-2-6(8-1-7(8)4-13)3-10-11(9)15-5-14-10/h2-3,7-8,13H,1,4-5H2. The average Bonchev–Trinajstić information content (AvgIpc) is 2.88. The molecule has 1 aromatic rings. The fourth-order valence-corrected chi connectivity index (χ4v) is 2.63. The van der Waals surface area contributed by atoms with Crippen LogP contribution < -0.4 is 9.47 Å². The molecule has 1 aliphatic heterocycles. The van der Waals surface area contributed by atoms with Crippen molar-refractivity contribution in [3.63, 3.8) is 0 Å². The summed E-state index contributed by atoms with van der Waals surface area (Å²) in [5.41, 5.74) is 1.23. The lowest BCUT2D eigenvalue weighted by Gasteiger charge is -2.04. The minimum Gasteiger partial charge on any atom is -0.454 e. The van der Waals surface area contributed by atoms with E-state index in [1.54, 1.807) is 0 Å². The summed E-state index contributed by atoms with van der Waals surface area (Å²) in [6, 6.07) is 4.08. The molecule has 1 heterocycles. The number of fused-ring (bicyclic) bond motifs is 1. The second-order valence-corrected chi connectivity index (χ2v) is 4.88. The van der Waals surface area contributed by atoms with Crippen molar-refractivity contribution in [1.29, 1.82) is 0 Å². The Bertz CT molecular complexity index is 405. The van der Waals surface area contributed by atoms with Crippen LogP contribution in [0.2, 0.25) is 0 Å². The summed E-state index contributed by atoms with van der Waals surface area (Å²) < 4.78 is 11.6. The maximum absolute atomic E-state index is 9.03. The molecule has 1 N–H and O–H groups in total. The van der Waals surface area contributed by atoms with E-state index in [0.717, 1.165) is 22.4 Å². The summed E-state index contributed by atoms with van der Waals surface area (Å²) in [6.45, 7) is 0.572. The van der Waals surface area contributed by atoms with E-state index in [1.807, 2.05) is 6.07 Å². The number of ether oxygens (including phenoxy) is 2. The average molecular weight is 271 g/mol. The van der Waals surface area contributed by atoms with Crippen molar-refractivity contribution in [3.05, 3.63) is 22.2 Å². The van der Waals surface area contributed by atoms with E-state index in [4.69, 9.17) is 14.6 Å². The van der Waals surface area contributed by atoms with Gasteiger partial charge in [0.25, 0.3) is 0 Å². The highest BCUT2D eigenvalue weighted by Crippen LogP contribution is 2.51. The summed E-state index contributed by atoms with van der Waals surface area (Å²) in [5, 5.41) is 9.03. The summed E-state index contributed by atoms with van der Waals surface area (Å²) in [6.07, 6.45) is 1.07. The lowest BCUT2D eigenvalue weighted by Crippen LogP contribution is -1.93. The van der Waals surface area contributed by atoms with Crippen LogP contribution in [0.3, 0.4) is 0 Å². The number of hydrogen-bond donors (Lipinski definition) is 1. The van der Waals surface area contributed by atoms with Gasteiger partial charge in [0.2, 0.25) is 6.79 Å². The van der Waals surface area contributed by atoms with Gasteiger partial charge in [-0.2, -0.15) is 0 Å². The zero-order chi connectivity index (χ0) is 10.4. The summed E-state index contributed by atoms with van der Waals surface area (Å²) in [7, 11) is 0. The smallest absolute Gasteiger partial charge is 0.231 e. The Labute approximate surface area is 96.1 Å². The number of aliphatic hydroxyl groups is 1. The quantitative estimate of drug-likeness (QED) is 0.896. The van der Waals surface area contributed by atoms with Crippen molar-refractivity contribution >= 4 is 15.9 Å². The molecule has 1 saturated carbocycles. The van der Waals surface area contributed by atoms with Crippen LogP contribution in [0.1, 0.15) is 17.9 Å². The Kier molecular flexibility index (Phi) is 2.14. The molecule has 1 aromatic carbocycles. The van der Waals surface area contributed by atoms with Crippen molar-refractivity contribution in [3.8, 4) is 11.5 Å². The third-order valence-electron chi connectivity index (χ3n) is 3.03. The predicted molar refractivity (Wildman–Crippen MR) is 58.2 cm³/mol. The molecular weight excluding hydrogens is 260 g/mol. The molecule has 80 valence electrons. The Balaban J connectivity index is 1.94. The first kappa shape index (κ1) is 9.48. The topological polar surface area (TPSA) is 38.7 Å². The fourth-order valence-electron chi connectivity index (χ4n) is 2.06. The van der Waals surface area contributed by atoms with Crippen LogP contribution in [0, 0.1) is 5.92 Å². The Morgan fingerprint density at radius 2 is 2.27 bits per heavy atom. The Hall–Kier alpha value is -0.740. The van der Waals surface area contributed by atoms with E-state index in [2.05, 4.69) is 22.0 Å². The molecule has 0 radical (unpaired) electrons. The minimum absolute atomic E-state index is 0.275. The van der Waals surface area contributed by atoms with E-state index in [1.165, 1.54) is 5.56 Å².